The van der Waals surface area contributed by atoms with E-state index in [0.717, 1.165) is 16.4 Å². The average molecular weight is 364 g/mol. The lowest BCUT2D eigenvalue weighted by atomic mass is 9.85. The Kier molecular flexibility index (Phi) is 4.59. The van der Waals surface area contributed by atoms with Crippen molar-refractivity contribution in [2.75, 3.05) is 0 Å². The Labute approximate surface area is 146 Å². The van der Waals surface area contributed by atoms with Crippen LogP contribution in [0.25, 0.3) is 18.2 Å². The Balaban J connectivity index is 1.93. The minimum absolute atomic E-state index is 0.0132. The number of rotatable bonds is 3. The highest BCUT2D eigenvalue weighted by Gasteiger charge is 2.50. The van der Waals surface area contributed by atoms with Gasteiger partial charge in [0.2, 0.25) is 0 Å². The summed E-state index contributed by atoms with van der Waals surface area (Å²) in [5, 5.41) is 0.983. The van der Waals surface area contributed by atoms with Crippen LogP contribution in [-0.2, 0) is 12.3 Å². The predicted octanol–water partition coefficient (Wildman–Crippen LogP) is 5.67. The van der Waals surface area contributed by atoms with Crippen molar-refractivity contribution < 1.29 is 17.6 Å². The van der Waals surface area contributed by atoms with Gasteiger partial charge in [-0.25, -0.2) is 17.6 Å². The highest BCUT2D eigenvalue weighted by molar-refractivity contribution is 7.27. The SMILES string of the molecule is C=Cc1cc(P)cc(/C=C/c2ccc3c(c2)C(F)(F)CC(F)(F)C3)c1. The Morgan fingerprint density at radius 1 is 0.920 bits per heavy atom. The van der Waals surface area contributed by atoms with Crippen molar-refractivity contribution in [1.29, 1.82) is 0 Å². The molecule has 0 aliphatic heterocycles. The Bertz CT molecular complexity index is 853. The molecule has 5 heteroatoms. The molecule has 1 aliphatic rings. The van der Waals surface area contributed by atoms with Crippen LogP contribution < -0.4 is 5.30 Å². The van der Waals surface area contributed by atoms with Gasteiger partial charge in [-0.2, -0.15) is 0 Å². The average Bonchev–Trinajstić information content (AvgIpc) is 2.51. The van der Waals surface area contributed by atoms with Gasteiger partial charge in [-0.3, -0.25) is 0 Å². The van der Waals surface area contributed by atoms with Gasteiger partial charge in [0, 0.05) is 12.0 Å². The zero-order valence-electron chi connectivity index (χ0n) is 13.4. The van der Waals surface area contributed by atoms with Crippen LogP contribution in [0.4, 0.5) is 17.6 Å². The molecule has 1 aliphatic carbocycles. The summed E-state index contributed by atoms with van der Waals surface area (Å²) in [5.74, 6) is -6.88. The molecule has 0 fully saturated rings. The molecule has 0 heterocycles. The standard InChI is InChI=1S/C20H17F4P/c1-2-13-7-15(9-17(25)8-13)4-3-14-5-6-16-11-19(21,22)12-20(23,24)18(16)10-14/h2-10H,1,11-12,25H2/b4-3+. The van der Waals surface area contributed by atoms with Crippen molar-refractivity contribution >= 4 is 32.8 Å². The Hall–Kier alpha value is -1.93. The van der Waals surface area contributed by atoms with Crippen molar-refractivity contribution in [3.63, 3.8) is 0 Å². The van der Waals surface area contributed by atoms with Crippen molar-refractivity contribution in [2.24, 2.45) is 0 Å². The Morgan fingerprint density at radius 2 is 1.60 bits per heavy atom. The lowest BCUT2D eigenvalue weighted by Crippen LogP contribution is -2.35. The maximum atomic E-state index is 14.1. The first-order valence-corrected chi connectivity index (χ1v) is 8.36. The third-order valence-corrected chi connectivity index (χ3v) is 4.49. The van der Waals surface area contributed by atoms with Crippen LogP contribution in [0.5, 0.6) is 0 Å². The summed E-state index contributed by atoms with van der Waals surface area (Å²) in [6, 6.07) is 10.1. The second kappa shape index (κ2) is 6.42. The molecule has 0 N–H and O–H groups in total. The minimum atomic E-state index is -3.52. The first-order valence-electron chi connectivity index (χ1n) is 7.79. The van der Waals surface area contributed by atoms with Crippen LogP contribution in [0.15, 0.2) is 43.0 Å². The maximum Gasteiger partial charge on any atom is 0.279 e. The van der Waals surface area contributed by atoms with Crippen molar-refractivity contribution in [3.05, 3.63) is 70.8 Å². The molecule has 0 saturated heterocycles. The third-order valence-electron chi connectivity index (χ3n) is 4.16. The molecule has 0 nitrogen and oxygen atoms in total. The van der Waals surface area contributed by atoms with Gasteiger partial charge in [0.05, 0.1) is 6.42 Å². The summed E-state index contributed by atoms with van der Waals surface area (Å²) < 4.78 is 55.0. The largest absolute Gasteiger partial charge is 0.279 e. The molecule has 1 unspecified atom stereocenters. The number of halogens is 4. The molecular weight excluding hydrogens is 347 g/mol. The number of hydrogen-bond donors (Lipinski definition) is 0. The van der Waals surface area contributed by atoms with E-state index in [-0.39, 0.29) is 11.1 Å². The molecule has 2 aromatic rings. The van der Waals surface area contributed by atoms with E-state index in [4.69, 9.17) is 0 Å². The van der Waals surface area contributed by atoms with Gasteiger partial charge in [0.1, 0.15) is 0 Å². The normalized spacial score (nSPS) is 18.1. The molecule has 130 valence electrons. The summed E-state index contributed by atoms with van der Waals surface area (Å²) in [6.07, 6.45) is 3.16. The monoisotopic (exact) mass is 364 g/mol. The van der Waals surface area contributed by atoms with Crippen LogP contribution >= 0.6 is 9.24 Å². The lowest BCUT2D eigenvalue weighted by Gasteiger charge is -2.31. The maximum absolute atomic E-state index is 14.1. The van der Waals surface area contributed by atoms with E-state index in [2.05, 4.69) is 15.8 Å². The number of fused-ring (bicyclic) bond motifs is 1. The lowest BCUT2D eigenvalue weighted by molar-refractivity contribution is -0.126. The quantitative estimate of drug-likeness (QED) is 0.374. The Morgan fingerprint density at radius 3 is 2.32 bits per heavy atom. The first-order chi connectivity index (χ1) is 11.7. The van der Waals surface area contributed by atoms with E-state index in [1.165, 1.54) is 12.1 Å². The fourth-order valence-electron chi connectivity index (χ4n) is 3.06. The molecule has 1 atom stereocenters. The summed E-state index contributed by atoms with van der Waals surface area (Å²) >= 11 is 0. The predicted molar refractivity (Wildman–Crippen MR) is 98.4 cm³/mol. The van der Waals surface area contributed by atoms with Crippen LogP contribution in [0.3, 0.4) is 0 Å². The zero-order valence-corrected chi connectivity index (χ0v) is 14.6. The molecule has 0 radical (unpaired) electrons. The minimum Gasteiger partial charge on any atom is -0.206 e. The van der Waals surface area contributed by atoms with E-state index < -0.39 is 24.7 Å². The summed E-state index contributed by atoms with van der Waals surface area (Å²) in [4.78, 5) is 0. The first kappa shape index (κ1) is 17.9. The van der Waals surface area contributed by atoms with Crippen molar-refractivity contribution in [1.82, 2.24) is 0 Å². The smallest absolute Gasteiger partial charge is 0.206 e. The molecule has 2 aromatic carbocycles. The number of hydrogen-bond acceptors (Lipinski definition) is 0. The molecule has 0 saturated carbocycles. The van der Waals surface area contributed by atoms with Crippen LogP contribution in [0.1, 0.15) is 34.2 Å². The van der Waals surface area contributed by atoms with Crippen LogP contribution in [0, 0.1) is 0 Å². The molecule has 3 rings (SSSR count). The number of alkyl halides is 4. The van der Waals surface area contributed by atoms with Gasteiger partial charge in [-0.05, 0) is 51.8 Å². The second-order valence-corrected chi connectivity index (χ2v) is 6.97. The molecule has 0 spiro atoms. The zero-order chi connectivity index (χ0) is 18.2. The van der Waals surface area contributed by atoms with Gasteiger partial charge in [0.15, 0.2) is 0 Å². The van der Waals surface area contributed by atoms with Gasteiger partial charge < -0.3 is 0 Å². The highest BCUT2D eigenvalue weighted by atomic mass is 31.0. The van der Waals surface area contributed by atoms with E-state index in [0.29, 0.717) is 5.56 Å². The van der Waals surface area contributed by atoms with Gasteiger partial charge in [0.25, 0.3) is 11.8 Å². The van der Waals surface area contributed by atoms with Crippen LogP contribution in [-0.4, -0.2) is 5.92 Å². The molecule has 0 amide bonds. The number of benzene rings is 2. The summed E-state index contributed by atoms with van der Waals surface area (Å²) in [6.45, 7) is 3.73. The van der Waals surface area contributed by atoms with Gasteiger partial charge in [-0.15, -0.1) is 9.24 Å². The van der Waals surface area contributed by atoms with E-state index in [1.54, 1.807) is 24.3 Å². The van der Waals surface area contributed by atoms with E-state index >= 15 is 0 Å². The van der Waals surface area contributed by atoms with Crippen LogP contribution in [0.2, 0.25) is 0 Å². The van der Waals surface area contributed by atoms with Gasteiger partial charge >= 0.3 is 0 Å². The third kappa shape index (κ3) is 4.01. The van der Waals surface area contributed by atoms with Crippen molar-refractivity contribution in [2.45, 2.75) is 24.7 Å². The molecule has 0 bridgehead atoms. The highest BCUT2D eigenvalue weighted by Crippen LogP contribution is 2.46. The van der Waals surface area contributed by atoms with E-state index in [1.807, 2.05) is 18.2 Å². The van der Waals surface area contributed by atoms with Crippen molar-refractivity contribution in [3.8, 4) is 0 Å². The van der Waals surface area contributed by atoms with E-state index in [9.17, 15) is 17.6 Å². The van der Waals surface area contributed by atoms with Gasteiger partial charge in [-0.1, -0.05) is 36.9 Å². The second-order valence-electron chi connectivity index (χ2n) is 6.30. The summed E-state index contributed by atoms with van der Waals surface area (Å²) in [5.41, 5.74) is 2.12. The molecule has 0 aromatic heterocycles. The fraction of sp³-hybridized carbons (Fsp3) is 0.200. The fourth-order valence-corrected chi connectivity index (χ4v) is 3.45. The topological polar surface area (TPSA) is 0 Å². The summed E-state index contributed by atoms with van der Waals surface area (Å²) in [7, 11) is 2.60. The molecule has 25 heavy (non-hydrogen) atoms. The molecular formula is C20H17F4P.